The van der Waals surface area contributed by atoms with E-state index in [1.807, 2.05) is 39.2 Å². The zero-order chi connectivity index (χ0) is 22.2. The highest BCUT2D eigenvalue weighted by Crippen LogP contribution is 2.27. The predicted octanol–water partition coefficient (Wildman–Crippen LogP) is 3.67. The van der Waals surface area contributed by atoms with Gasteiger partial charge in [0.25, 0.3) is 0 Å². The molecule has 1 aromatic heterocycles. The molecule has 3 rings (SSSR count). The minimum absolute atomic E-state index is 0.248. The van der Waals surface area contributed by atoms with E-state index in [2.05, 4.69) is 30.8 Å². The van der Waals surface area contributed by atoms with E-state index in [1.54, 1.807) is 30.4 Å². The molecule has 3 aromatic rings. The van der Waals surface area contributed by atoms with Gasteiger partial charge >= 0.3 is 0 Å². The normalized spacial score (nSPS) is 10.7. The van der Waals surface area contributed by atoms with Crippen molar-refractivity contribution < 1.29 is 13.9 Å². The first-order valence-electron chi connectivity index (χ1n) is 9.54. The first kappa shape index (κ1) is 21.8. The Morgan fingerprint density at radius 3 is 2.45 bits per heavy atom. The Kier molecular flexibility index (Phi) is 7.15. The summed E-state index contributed by atoms with van der Waals surface area (Å²) in [4.78, 5) is 14.7. The van der Waals surface area contributed by atoms with E-state index in [4.69, 9.17) is 9.47 Å². The number of methoxy groups -OCH3 is 1. The highest BCUT2D eigenvalue weighted by molar-refractivity contribution is 5.81. The molecule has 0 saturated heterocycles. The molecule has 2 N–H and O–H groups in total. The summed E-state index contributed by atoms with van der Waals surface area (Å²) >= 11 is 0. The van der Waals surface area contributed by atoms with Crippen LogP contribution in [-0.2, 0) is 0 Å². The van der Waals surface area contributed by atoms with Crippen molar-refractivity contribution in [3.05, 3.63) is 53.8 Å². The number of hydrazone groups is 1. The van der Waals surface area contributed by atoms with Gasteiger partial charge in [-0.25, -0.2) is 9.82 Å². The van der Waals surface area contributed by atoms with Crippen LogP contribution in [0.15, 0.2) is 47.6 Å². The Balaban J connectivity index is 1.77. The molecule has 31 heavy (non-hydrogen) atoms. The van der Waals surface area contributed by atoms with Crippen LogP contribution in [-0.4, -0.2) is 49.0 Å². The number of ether oxygens (including phenoxy) is 2. The fourth-order valence-electron chi connectivity index (χ4n) is 2.54. The molecule has 0 aliphatic rings. The smallest absolute Gasteiger partial charge is 0.250 e. The van der Waals surface area contributed by atoms with Gasteiger partial charge in [0.05, 0.1) is 19.9 Å². The number of benzene rings is 2. The number of halogens is 1. The molecule has 0 fully saturated rings. The number of hydrogen-bond donors (Lipinski definition) is 2. The summed E-state index contributed by atoms with van der Waals surface area (Å²) < 4.78 is 24.0. The molecular weight excluding hydrogens is 401 g/mol. The van der Waals surface area contributed by atoms with E-state index in [9.17, 15) is 4.39 Å². The molecule has 0 amide bonds. The molecule has 0 atom stereocenters. The average Bonchev–Trinajstić information content (AvgIpc) is 2.76. The van der Waals surface area contributed by atoms with Crippen molar-refractivity contribution in [1.82, 2.24) is 15.0 Å². The first-order chi connectivity index (χ1) is 15.0. The summed E-state index contributed by atoms with van der Waals surface area (Å²) in [5, 5.41) is 7.23. The van der Waals surface area contributed by atoms with Crippen molar-refractivity contribution in [1.29, 1.82) is 0 Å². The summed E-state index contributed by atoms with van der Waals surface area (Å²) in [7, 11) is 5.22. The SMILES string of the molecule is CCOc1ccc(C=NNc2nc(Nc3ccc(F)cc3)nc(N(C)C)n2)cc1OC. The van der Waals surface area contributed by atoms with E-state index in [-0.39, 0.29) is 11.8 Å². The maximum absolute atomic E-state index is 13.1. The Labute approximate surface area is 180 Å². The molecule has 0 spiro atoms. The Hall–Kier alpha value is -3.95. The van der Waals surface area contributed by atoms with E-state index < -0.39 is 0 Å². The van der Waals surface area contributed by atoms with E-state index in [0.29, 0.717) is 35.7 Å². The van der Waals surface area contributed by atoms with Crippen LogP contribution in [0.5, 0.6) is 11.5 Å². The van der Waals surface area contributed by atoms with Crippen LogP contribution in [0.2, 0.25) is 0 Å². The zero-order valence-electron chi connectivity index (χ0n) is 17.8. The van der Waals surface area contributed by atoms with Gasteiger partial charge in [-0.3, -0.25) is 0 Å². The van der Waals surface area contributed by atoms with Crippen molar-refractivity contribution in [3.63, 3.8) is 0 Å². The zero-order valence-corrected chi connectivity index (χ0v) is 17.8. The van der Waals surface area contributed by atoms with Gasteiger partial charge in [0.1, 0.15) is 5.82 Å². The lowest BCUT2D eigenvalue weighted by molar-refractivity contribution is 0.311. The van der Waals surface area contributed by atoms with Crippen LogP contribution in [0.25, 0.3) is 0 Å². The predicted molar refractivity (Wildman–Crippen MR) is 119 cm³/mol. The van der Waals surface area contributed by atoms with Gasteiger partial charge in [-0.05, 0) is 55.0 Å². The number of aromatic nitrogens is 3. The highest BCUT2D eigenvalue weighted by atomic mass is 19.1. The topological polar surface area (TPSA) is 96.8 Å². The number of hydrogen-bond acceptors (Lipinski definition) is 9. The fraction of sp³-hybridized carbons (Fsp3) is 0.238. The van der Waals surface area contributed by atoms with E-state index >= 15 is 0 Å². The highest BCUT2D eigenvalue weighted by Gasteiger charge is 2.09. The lowest BCUT2D eigenvalue weighted by atomic mass is 10.2. The maximum atomic E-state index is 13.1. The van der Waals surface area contributed by atoms with Gasteiger partial charge in [-0.1, -0.05) is 0 Å². The number of nitrogens with one attached hydrogen (secondary N) is 2. The van der Waals surface area contributed by atoms with Gasteiger partial charge in [-0.2, -0.15) is 20.1 Å². The average molecular weight is 425 g/mol. The lowest BCUT2D eigenvalue weighted by Crippen LogP contribution is -2.15. The van der Waals surface area contributed by atoms with Crippen LogP contribution < -0.4 is 25.1 Å². The third-order valence-corrected chi connectivity index (χ3v) is 3.99. The van der Waals surface area contributed by atoms with E-state index in [0.717, 1.165) is 5.56 Å². The van der Waals surface area contributed by atoms with Crippen LogP contribution in [0, 0.1) is 5.82 Å². The van der Waals surface area contributed by atoms with Gasteiger partial charge in [0, 0.05) is 19.8 Å². The van der Waals surface area contributed by atoms with Crippen LogP contribution in [0.3, 0.4) is 0 Å². The second-order valence-electron chi connectivity index (χ2n) is 6.52. The minimum Gasteiger partial charge on any atom is -0.493 e. The van der Waals surface area contributed by atoms with Crippen molar-refractivity contribution in [2.45, 2.75) is 6.92 Å². The monoisotopic (exact) mass is 425 g/mol. The second kappa shape index (κ2) is 10.2. The largest absolute Gasteiger partial charge is 0.493 e. The van der Waals surface area contributed by atoms with Gasteiger partial charge in [0.15, 0.2) is 11.5 Å². The minimum atomic E-state index is -0.321. The summed E-state index contributed by atoms with van der Waals surface area (Å²) in [6.07, 6.45) is 1.62. The summed E-state index contributed by atoms with van der Waals surface area (Å²) in [5.74, 6) is 1.94. The third-order valence-electron chi connectivity index (χ3n) is 3.99. The molecule has 1 heterocycles. The van der Waals surface area contributed by atoms with Crippen LogP contribution >= 0.6 is 0 Å². The summed E-state index contributed by atoms with van der Waals surface area (Å²) in [6, 6.07) is 11.4. The quantitative estimate of drug-likeness (QED) is 0.396. The second-order valence-corrected chi connectivity index (χ2v) is 6.52. The summed E-state index contributed by atoms with van der Waals surface area (Å²) in [6.45, 7) is 2.46. The maximum Gasteiger partial charge on any atom is 0.250 e. The standard InChI is InChI=1S/C21H24FN7O2/c1-5-31-17-11-6-14(12-18(17)30-4)13-23-28-20-25-19(26-21(27-20)29(2)3)24-16-9-7-15(22)8-10-16/h6-13H,5H2,1-4H3,(H2,24,25,26,27,28). The molecule has 10 heteroatoms. The van der Waals surface area contributed by atoms with Crippen LogP contribution in [0.1, 0.15) is 12.5 Å². The van der Waals surface area contributed by atoms with Gasteiger partial charge in [-0.15, -0.1) is 0 Å². The Bertz CT molecular complexity index is 1040. The first-order valence-corrected chi connectivity index (χ1v) is 9.54. The Morgan fingerprint density at radius 1 is 1.03 bits per heavy atom. The molecule has 0 radical (unpaired) electrons. The number of anilines is 4. The molecule has 9 nitrogen and oxygen atoms in total. The molecule has 0 saturated carbocycles. The van der Waals surface area contributed by atoms with Crippen molar-refractivity contribution in [3.8, 4) is 11.5 Å². The van der Waals surface area contributed by atoms with Crippen molar-refractivity contribution in [2.24, 2.45) is 5.10 Å². The molecule has 0 bridgehead atoms. The van der Waals surface area contributed by atoms with Crippen molar-refractivity contribution in [2.75, 3.05) is 43.5 Å². The van der Waals surface area contributed by atoms with E-state index in [1.165, 1.54) is 12.1 Å². The molecular formula is C21H24FN7O2. The van der Waals surface area contributed by atoms with Gasteiger partial charge < -0.3 is 19.7 Å². The van der Waals surface area contributed by atoms with Crippen molar-refractivity contribution >= 4 is 29.7 Å². The van der Waals surface area contributed by atoms with Gasteiger partial charge in [0.2, 0.25) is 17.8 Å². The molecule has 0 aliphatic heterocycles. The molecule has 0 aliphatic carbocycles. The number of rotatable bonds is 9. The number of nitrogens with zero attached hydrogens (tertiary/aromatic N) is 5. The molecule has 2 aromatic carbocycles. The third kappa shape index (κ3) is 6.01. The van der Waals surface area contributed by atoms with Crippen LogP contribution in [0.4, 0.5) is 27.9 Å². The molecule has 162 valence electrons. The molecule has 0 unspecified atom stereocenters. The Morgan fingerprint density at radius 2 is 1.77 bits per heavy atom. The lowest BCUT2D eigenvalue weighted by Gasteiger charge is -2.13. The summed E-state index contributed by atoms with van der Waals surface area (Å²) in [5.41, 5.74) is 4.26. The fourth-order valence-corrected chi connectivity index (χ4v) is 2.54.